The Morgan fingerprint density at radius 1 is 1.21 bits per heavy atom. The molecule has 1 aromatic carbocycles. The van der Waals surface area contributed by atoms with Crippen LogP contribution in [-0.2, 0) is 15.7 Å². The fraction of sp³-hybridized carbons (Fsp3) is 0.267. The minimum atomic E-state index is -4.73. The summed E-state index contributed by atoms with van der Waals surface area (Å²) in [6, 6.07) is 7.87. The van der Waals surface area contributed by atoms with Gasteiger partial charge >= 0.3 is 6.18 Å². The van der Waals surface area contributed by atoms with Gasteiger partial charge in [0.15, 0.2) is 0 Å². The van der Waals surface area contributed by atoms with Crippen molar-refractivity contribution in [2.75, 3.05) is 14.2 Å². The van der Waals surface area contributed by atoms with Gasteiger partial charge in [0.2, 0.25) is 6.41 Å². The lowest BCUT2D eigenvalue weighted by molar-refractivity contribution is -0.182. The number of methoxy groups -OCH3 is 2. The van der Waals surface area contributed by atoms with Crippen LogP contribution in [-0.4, -0.2) is 18.8 Å². The van der Waals surface area contributed by atoms with E-state index >= 15 is 0 Å². The summed E-state index contributed by atoms with van der Waals surface area (Å²) in [5.41, 5.74) is -0.866. The van der Waals surface area contributed by atoms with E-state index < -0.39 is 18.3 Å². The van der Waals surface area contributed by atoms with Crippen LogP contribution < -0.4 is 0 Å². The van der Waals surface area contributed by atoms with Crippen molar-refractivity contribution in [1.29, 1.82) is 5.26 Å². The quantitative estimate of drug-likeness (QED) is 0.634. The van der Waals surface area contributed by atoms with Crippen LogP contribution in [0.1, 0.15) is 17.7 Å². The highest BCUT2D eigenvalue weighted by Gasteiger charge is 2.42. The molecule has 4 nitrogen and oxygen atoms in total. The Morgan fingerprint density at radius 2 is 1.75 bits per heavy atom. The highest BCUT2D eigenvalue weighted by molar-refractivity contribution is 9.10. The predicted molar refractivity (Wildman–Crippen MR) is 85.4 cm³/mol. The number of ether oxygens (including phenoxy) is 2. The molecule has 0 N–H and O–H groups in total. The maximum atomic E-state index is 13.6. The molecule has 0 atom stereocenters. The van der Waals surface area contributed by atoms with Crippen molar-refractivity contribution in [2.45, 2.75) is 12.6 Å². The Bertz CT molecular complexity index is 778. The molecular weight excluding hydrogens is 413 g/mol. The molecular formula is C15H11BrClF3N2O2. The summed E-state index contributed by atoms with van der Waals surface area (Å²) in [6.07, 6.45) is -6.10. The minimum Gasteiger partial charge on any atom is -0.338 e. The van der Waals surface area contributed by atoms with Crippen molar-refractivity contribution in [3.63, 3.8) is 0 Å². The molecule has 0 saturated heterocycles. The van der Waals surface area contributed by atoms with Gasteiger partial charge in [-0.05, 0) is 33.6 Å². The molecule has 0 saturated carbocycles. The number of hydrogen-bond acceptors (Lipinski definition) is 3. The Morgan fingerprint density at radius 3 is 2.17 bits per heavy atom. The van der Waals surface area contributed by atoms with Crippen LogP contribution in [0.25, 0.3) is 11.3 Å². The summed E-state index contributed by atoms with van der Waals surface area (Å²) in [4.78, 5) is 0. The maximum absolute atomic E-state index is 13.6. The summed E-state index contributed by atoms with van der Waals surface area (Å²) in [7, 11) is 2.42. The predicted octanol–water partition coefficient (Wildman–Crippen LogP) is 5.21. The minimum absolute atomic E-state index is 0.0158. The summed E-state index contributed by atoms with van der Waals surface area (Å²) >= 11 is 8.72. The van der Waals surface area contributed by atoms with Crippen LogP contribution in [0, 0.1) is 11.3 Å². The van der Waals surface area contributed by atoms with Gasteiger partial charge in [-0.2, -0.15) is 18.4 Å². The normalized spacial score (nSPS) is 11.8. The first-order valence-corrected chi connectivity index (χ1v) is 7.65. The number of hydrogen-bond donors (Lipinski definition) is 0. The molecule has 128 valence electrons. The van der Waals surface area contributed by atoms with E-state index in [0.717, 1.165) is 4.57 Å². The summed E-state index contributed by atoms with van der Waals surface area (Å²) < 4.78 is 51.1. The van der Waals surface area contributed by atoms with Gasteiger partial charge in [0.05, 0.1) is 15.7 Å². The molecule has 0 aliphatic rings. The third-order valence-corrected chi connectivity index (χ3v) is 4.28. The molecule has 0 aliphatic heterocycles. The lowest BCUT2D eigenvalue weighted by Crippen LogP contribution is -2.22. The molecule has 24 heavy (non-hydrogen) atoms. The lowest BCUT2D eigenvalue weighted by Gasteiger charge is -2.22. The Labute approximate surface area is 149 Å². The molecule has 0 fully saturated rings. The number of nitrogens with zero attached hydrogens (tertiary/aromatic N) is 2. The van der Waals surface area contributed by atoms with Gasteiger partial charge in [-0.3, -0.25) is 4.57 Å². The van der Waals surface area contributed by atoms with Crippen molar-refractivity contribution < 1.29 is 22.6 Å². The van der Waals surface area contributed by atoms with Crippen molar-refractivity contribution >= 4 is 27.5 Å². The van der Waals surface area contributed by atoms with Gasteiger partial charge in [0, 0.05) is 19.2 Å². The molecule has 2 rings (SSSR count). The lowest BCUT2D eigenvalue weighted by atomic mass is 10.1. The summed E-state index contributed by atoms with van der Waals surface area (Å²) in [5, 5.41) is 9.79. The monoisotopic (exact) mass is 422 g/mol. The van der Waals surface area contributed by atoms with Crippen LogP contribution >= 0.6 is 27.5 Å². The molecule has 0 unspecified atom stereocenters. The number of halogens is 5. The second kappa shape index (κ2) is 7.15. The van der Waals surface area contributed by atoms with E-state index in [2.05, 4.69) is 15.9 Å². The van der Waals surface area contributed by atoms with E-state index in [-0.39, 0.29) is 15.7 Å². The molecule has 0 amide bonds. The standard InChI is InChI=1S/C15H11BrClF3N2O2/c1-23-14(24-2)22-12(8-3-5-9(17)6-4-8)10(7-21)11(16)13(22)15(18,19)20/h3-6,14H,1-2H3. The van der Waals surface area contributed by atoms with Crippen molar-refractivity contribution in [3.05, 3.63) is 45.0 Å². The summed E-state index contributed by atoms with van der Waals surface area (Å²) in [6.45, 7) is 0. The molecule has 1 aromatic heterocycles. The molecule has 0 radical (unpaired) electrons. The molecule has 2 aromatic rings. The van der Waals surface area contributed by atoms with Gasteiger partial charge in [-0.15, -0.1) is 0 Å². The first-order valence-electron chi connectivity index (χ1n) is 6.48. The van der Waals surface area contributed by atoms with Crippen molar-refractivity contribution in [3.8, 4) is 17.3 Å². The highest BCUT2D eigenvalue weighted by atomic mass is 79.9. The number of alkyl halides is 3. The molecule has 0 bridgehead atoms. The zero-order chi connectivity index (χ0) is 18.1. The van der Waals surface area contributed by atoms with Crippen LogP contribution in [0.5, 0.6) is 0 Å². The average molecular weight is 424 g/mol. The fourth-order valence-corrected chi connectivity index (χ4v) is 3.15. The molecule has 0 spiro atoms. The van der Waals surface area contributed by atoms with E-state index in [0.29, 0.717) is 10.6 Å². The first kappa shape index (κ1) is 18.8. The second-order valence-corrected chi connectivity index (χ2v) is 5.88. The van der Waals surface area contributed by atoms with Crippen LogP contribution in [0.2, 0.25) is 5.02 Å². The SMILES string of the molecule is COC(OC)n1c(-c2ccc(Cl)cc2)c(C#N)c(Br)c1C(F)(F)F. The highest BCUT2D eigenvalue weighted by Crippen LogP contribution is 2.45. The van der Waals surface area contributed by atoms with Gasteiger partial charge in [0.1, 0.15) is 11.8 Å². The number of aromatic nitrogens is 1. The van der Waals surface area contributed by atoms with Crippen LogP contribution in [0.4, 0.5) is 13.2 Å². The van der Waals surface area contributed by atoms with E-state index in [4.69, 9.17) is 21.1 Å². The Hall–Kier alpha value is -1.53. The first-order chi connectivity index (χ1) is 11.3. The molecule has 1 heterocycles. The average Bonchev–Trinajstić information content (AvgIpc) is 2.82. The smallest absolute Gasteiger partial charge is 0.338 e. The summed E-state index contributed by atoms with van der Waals surface area (Å²) in [5.74, 6) is 0. The van der Waals surface area contributed by atoms with E-state index in [9.17, 15) is 18.4 Å². The Balaban J connectivity index is 2.91. The van der Waals surface area contributed by atoms with Gasteiger partial charge in [-0.1, -0.05) is 23.7 Å². The number of rotatable bonds is 4. The zero-order valence-corrected chi connectivity index (χ0v) is 14.8. The molecule has 0 aliphatic carbocycles. The fourth-order valence-electron chi connectivity index (χ4n) is 2.33. The molecule has 9 heteroatoms. The largest absolute Gasteiger partial charge is 0.432 e. The Kier molecular flexibility index (Phi) is 5.60. The third kappa shape index (κ3) is 3.30. The van der Waals surface area contributed by atoms with Gasteiger partial charge in [-0.25, -0.2) is 0 Å². The number of nitriles is 1. The van der Waals surface area contributed by atoms with E-state index in [1.54, 1.807) is 6.07 Å². The van der Waals surface area contributed by atoms with Gasteiger partial charge < -0.3 is 9.47 Å². The topological polar surface area (TPSA) is 47.2 Å². The second-order valence-electron chi connectivity index (χ2n) is 4.65. The van der Waals surface area contributed by atoms with E-state index in [1.165, 1.54) is 38.5 Å². The number of benzene rings is 1. The third-order valence-electron chi connectivity index (χ3n) is 3.26. The van der Waals surface area contributed by atoms with Crippen molar-refractivity contribution in [2.24, 2.45) is 0 Å². The zero-order valence-electron chi connectivity index (χ0n) is 12.5. The van der Waals surface area contributed by atoms with Crippen LogP contribution in [0.3, 0.4) is 0 Å². The van der Waals surface area contributed by atoms with Crippen LogP contribution in [0.15, 0.2) is 28.7 Å². The van der Waals surface area contributed by atoms with Crippen molar-refractivity contribution in [1.82, 2.24) is 4.57 Å². The van der Waals surface area contributed by atoms with E-state index in [1.807, 2.05) is 0 Å². The maximum Gasteiger partial charge on any atom is 0.432 e. The van der Waals surface area contributed by atoms with Gasteiger partial charge in [0.25, 0.3) is 0 Å².